The number of aromatic nitrogens is 2. The monoisotopic (exact) mass is 326 g/mol. The number of aryl methyl sites for hydroxylation is 1. The van der Waals surface area contributed by atoms with Gasteiger partial charge in [0.25, 0.3) is 0 Å². The van der Waals surface area contributed by atoms with E-state index in [2.05, 4.69) is 21.0 Å². The van der Waals surface area contributed by atoms with Crippen molar-refractivity contribution in [3.63, 3.8) is 0 Å². The summed E-state index contributed by atoms with van der Waals surface area (Å²) < 4.78 is 15.9. The second kappa shape index (κ2) is 5.43. The van der Waals surface area contributed by atoms with Gasteiger partial charge >= 0.3 is 0 Å². The highest BCUT2D eigenvalue weighted by Crippen LogP contribution is 2.31. The Kier molecular flexibility index (Phi) is 4.06. The molecule has 0 spiro atoms. The molecule has 2 aromatic rings. The molecule has 0 aliphatic carbocycles. The van der Waals surface area contributed by atoms with E-state index in [1.54, 1.807) is 23.9 Å². The average molecular weight is 327 g/mol. The molecule has 0 saturated carbocycles. The topological polar surface area (TPSA) is 38.1 Å². The van der Waals surface area contributed by atoms with E-state index in [4.69, 9.17) is 0 Å². The standard InChI is InChI=1S/C14H16BrFN2O/c1-8(2)18-13(12(15)7-17-18)14(19)10-4-9(3)5-11(16)6-10/h4-8,14,19H,1-3H3. The van der Waals surface area contributed by atoms with E-state index in [-0.39, 0.29) is 11.9 Å². The predicted molar refractivity (Wildman–Crippen MR) is 75.5 cm³/mol. The summed E-state index contributed by atoms with van der Waals surface area (Å²) in [5, 5.41) is 14.7. The highest BCUT2D eigenvalue weighted by Gasteiger charge is 2.21. The Bertz CT molecular complexity index is 575. The largest absolute Gasteiger partial charge is 0.382 e. The van der Waals surface area contributed by atoms with Crippen LogP contribution in [-0.2, 0) is 0 Å². The quantitative estimate of drug-likeness (QED) is 0.932. The zero-order valence-electron chi connectivity index (χ0n) is 11.1. The normalized spacial score (nSPS) is 13.0. The second-order valence-corrected chi connectivity index (χ2v) is 5.73. The molecule has 1 atom stereocenters. The number of halogens is 2. The lowest BCUT2D eigenvalue weighted by atomic mass is 10.0. The SMILES string of the molecule is Cc1cc(F)cc(C(O)c2c(Br)cnn2C(C)C)c1. The Morgan fingerprint density at radius 3 is 2.58 bits per heavy atom. The number of rotatable bonds is 3. The van der Waals surface area contributed by atoms with Crippen molar-refractivity contribution >= 4 is 15.9 Å². The lowest BCUT2D eigenvalue weighted by Crippen LogP contribution is -2.13. The van der Waals surface area contributed by atoms with Gasteiger partial charge in [0.1, 0.15) is 11.9 Å². The maximum atomic E-state index is 13.4. The predicted octanol–water partition coefficient (Wildman–Crippen LogP) is 3.76. The molecule has 0 aliphatic rings. The summed E-state index contributed by atoms with van der Waals surface area (Å²) in [7, 11) is 0. The van der Waals surface area contributed by atoms with Crippen LogP contribution in [0.4, 0.5) is 4.39 Å². The van der Waals surface area contributed by atoms with E-state index in [1.807, 2.05) is 13.8 Å². The first-order chi connectivity index (χ1) is 8.90. The molecule has 1 aromatic carbocycles. The minimum Gasteiger partial charge on any atom is -0.382 e. The summed E-state index contributed by atoms with van der Waals surface area (Å²) in [6.45, 7) is 5.76. The second-order valence-electron chi connectivity index (χ2n) is 4.88. The van der Waals surface area contributed by atoms with E-state index < -0.39 is 6.10 Å². The molecular formula is C14H16BrFN2O. The molecule has 0 bridgehead atoms. The van der Waals surface area contributed by atoms with Crippen LogP contribution in [0.3, 0.4) is 0 Å². The molecule has 0 fully saturated rings. The maximum absolute atomic E-state index is 13.4. The minimum atomic E-state index is -0.909. The first-order valence-electron chi connectivity index (χ1n) is 6.08. The van der Waals surface area contributed by atoms with E-state index >= 15 is 0 Å². The van der Waals surface area contributed by atoms with Crippen molar-refractivity contribution in [3.8, 4) is 0 Å². The van der Waals surface area contributed by atoms with Crippen molar-refractivity contribution in [1.29, 1.82) is 0 Å². The molecule has 0 saturated heterocycles. The Morgan fingerprint density at radius 2 is 2.00 bits per heavy atom. The lowest BCUT2D eigenvalue weighted by molar-refractivity contribution is 0.203. The summed E-state index contributed by atoms with van der Waals surface area (Å²) >= 11 is 3.38. The van der Waals surface area contributed by atoms with Crippen molar-refractivity contribution in [2.24, 2.45) is 0 Å². The molecule has 1 aromatic heterocycles. The number of hydrogen-bond acceptors (Lipinski definition) is 2. The summed E-state index contributed by atoms with van der Waals surface area (Å²) in [4.78, 5) is 0. The molecule has 0 amide bonds. The van der Waals surface area contributed by atoms with Gasteiger partial charge in [-0.2, -0.15) is 5.10 Å². The third-order valence-corrected chi connectivity index (χ3v) is 3.53. The number of hydrogen-bond donors (Lipinski definition) is 1. The van der Waals surface area contributed by atoms with Gasteiger partial charge in [0.15, 0.2) is 0 Å². The van der Waals surface area contributed by atoms with Crippen LogP contribution in [0.2, 0.25) is 0 Å². The maximum Gasteiger partial charge on any atom is 0.123 e. The van der Waals surface area contributed by atoms with Crippen LogP contribution in [0.5, 0.6) is 0 Å². The lowest BCUT2D eigenvalue weighted by Gasteiger charge is -2.17. The Hall–Kier alpha value is -1.20. The minimum absolute atomic E-state index is 0.116. The van der Waals surface area contributed by atoms with Gasteiger partial charge in [-0.1, -0.05) is 6.07 Å². The fourth-order valence-electron chi connectivity index (χ4n) is 2.10. The van der Waals surface area contributed by atoms with E-state index in [0.717, 1.165) is 10.0 Å². The van der Waals surface area contributed by atoms with Crippen LogP contribution in [-0.4, -0.2) is 14.9 Å². The van der Waals surface area contributed by atoms with Gasteiger partial charge in [-0.05, 0) is 60.0 Å². The third kappa shape index (κ3) is 2.87. The first kappa shape index (κ1) is 14.2. The molecule has 102 valence electrons. The summed E-state index contributed by atoms with van der Waals surface area (Å²) in [6, 6.07) is 4.68. The van der Waals surface area contributed by atoms with Gasteiger partial charge in [0.2, 0.25) is 0 Å². The van der Waals surface area contributed by atoms with Crippen molar-refractivity contribution in [3.05, 3.63) is 51.5 Å². The smallest absolute Gasteiger partial charge is 0.123 e. The van der Waals surface area contributed by atoms with E-state index in [1.165, 1.54) is 12.1 Å². The number of benzene rings is 1. The number of nitrogens with zero attached hydrogens (tertiary/aromatic N) is 2. The van der Waals surface area contributed by atoms with Crippen LogP contribution in [0, 0.1) is 12.7 Å². The zero-order valence-corrected chi connectivity index (χ0v) is 12.6. The van der Waals surface area contributed by atoms with Crippen LogP contribution < -0.4 is 0 Å². The fraction of sp³-hybridized carbons (Fsp3) is 0.357. The molecule has 0 radical (unpaired) electrons. The summed E-state index contributed by atoms with van der Waals surface area (Å²) in [5.74, 6) is -0.346. The van der Waals surface area contributed by atoms with Crippen molar-refractivity contribution in [2.75, 3.05) is 0 Å². The molecule has 5 heteroatoms. The van der Waals surface area contributed by atoms with Gasteiger partial charge in [-0.15, -0.1) is 0 Å². The molecular weight excluding hydrogens is 311 g/mol. The highest BCUT2D eigenvalue weighted by atomic mass is 79.9. The molecule has 19 heavy (non-hydrogen) atoms. The molecule has 1 heterocycles. The Labute approximate surface area is 120 Å². The zero-order chi connectivity index (χ0) is 14.2. The molecule has 3 nitrogen and oxygen atoms in total. The first-order valence-corrected chi connectivity index (χ1v) is 6.87. The van der Waals surface area contributed by atoms with Crippen LogP contribution in [0.25, 0.3) is 0 Å². The van der Waals surface area contributed by atoms with Gasteiger partial charge in [0.05, 0.1) is 16.4 Å². The van der Waals surface area contributed by atoms with Gasteiger partial charge in [-0.25, -0.2) is 4.39 Å². The van der Waals surface area contributed by atoms with Gasteiger partial charge in [-0.3, -0.25) is 4.68 Å². The number of aliphatic hydroxyl groups excluding tert-OH is 1. The Balaban J connectivity index is 2.49. The van der Waals surface area contributed by atoms with Crippen LogP contribution in [0.1, 0.15) is 42.8 Å². The van der Waals surface area contributed by atoms with E-state index in [9.17, 15) is 9.50 Å². The fourth-order valence-corrected chi connectivity index (χ4v) is 2.59. The van der Waals surface area contributed by atoms with Gasteiger partial charge < -0.3 is 5.11 Å². The third-order valence-electron chi connectivity index (χ3n) is 2.92. The number of aliphatic hydroxyl groups is 1. The van der Waals surface area contributed by atoms with Crippen molar-refractivity contribution in [1.82, 2.24) is 9.78 Å². The highest BCUT2D eigenvalue weighted by molar-refractivity contribution is 9.10. The van der Waals surface area contributed by atoms with Crippen molar-refractivity contribution in [2.45, 2.75) is 32.9 Å². The summed E-state index contributed by atoms with van der Waals surface area (Å²) in [6.07, 6.45) is 0.735. The summed E-state index contributed by atoms with van der Waals surface area (Å²) in [5.41, 5.74) is 1.95. The molecule has 2 rings (SSSR count). The molecule has 0 aliphatic heterocycles. The van der Waals surface area contributed by atoms with Gasteiger partial charge in [0, 0.05) is 6.04 Å². The van der Waals surface area contributed by atoms with E-state index in [0.29, 0.717) is 11.3 Å². The average Bonchev–Trinajstić information content (AvgIpc) is 2.69. The molecule has 1 unspecified atom stereocenters. The van der Waals surface area contributed by atoms with Crippen LogP contribution in [0.15, 0.2) is 28.9 Å². The van der Waals surface area contributed by atoms with Crippen LogP contribution >= 0.6 is 15.9 Å². The molecule has 1 N–H and O–H groups in total. The Morgan fingerprint density at radius 1 is 1.32 bits per heavy atom. The van der Waals surface area contributed by atoms with Crippen molar-refractivity contribution < 1.29 is 9.50 Å².